The van der Waals surface area contributed by atoms with Crippen LogP contribution in [0.25, 0.3) is 6.08 Å². The number of likely N-dealkylation sites (tertiary alicyclic amines) is 2. The summed E-state index contributed by atoms with van der Waals surface area (Å²) >= 11 is 0. The van der Waals surface area contributed by atoms with Crippen LogP contribution in [-0.4, -0.2) is 80.5 Å². The van der Waals surface area contributed by atoms with E-state index in [1.165, 1.54) is 10.5 Å². The lowest BCUT2D eigenvalue weighted by Crippen LogP contribution is -2.47. The SMILES string of the molecule is CCC/C(=C\c1ccc(O)cc1)CC[C@@H](O)C1=C(CO)C[C@H]2C(=O)N(C3CCN(Cc4ccccc4)CC3)C(=O)[C@H]2[C@H]1CO. The maximum atomic E-state index is 13.9. The van der Waals surface area contributed by atoms with E-state index in [-0.39, 0.29) is 43.2 Å². The van der Waals surface area contributed by atoms with Crippen molar-refractivity contribution in [3.05, 3.63) is 82.4 Å². The molecule has 236 valence electrons. The summed E-state index contributed by atoms with van der Waals surface area (Å²) in [5.41, 5.74) is 4.44. The van der Waals surface area contributed by atoms with Gasteiger partial charge in [0, 0.05) is 31.6 Å². The Morgan fingerprint density at radius 3 is 2.32 bits per heavy atom. The van der Waals surface area contributed by atoms with Crippen LogP contribution in [-0.2, 0) is 16.1 Å². The van der Waals surface area contributed by atoms with Crippen LogP contribution in [0.5, 0.6) is 5.75 Å². The highest BCUT2D eigenvalue weighted by Gasteiger charge is 2.56. The van der Waals surface area contributed by atoms with Crippen molar-refractivity contribution in [3.63, 3.8) is 0 Å². The van der Waals surface area contributed by atoms with Crippen molar-refractivity contribution in [2.24, 2.45) is 17.8 Å². The number of allylic oxidation sites excluding steroid dienone is 1. The molecule has 0 bridgehead atoms. The fraction of sp³-hybridized carbons (Fsp3) is 0.500. The Morgan fingerprint density at radius 2 is 1.68 bits per heavy atom. The molecule has 0 aromatic heterocycles. The number of rotatable bonds is 12. The van der Waals surface area contributed by atoms with Crippen LogP contribution in [0.15, 0.2) is 71.3 Å². The molecule has 3 aliphatic rings. The van der Waals surface area contributed by atoms with Gasteiger partial charge in [0.2, 0.25) is 11.8 Å². The first-order valence-electron chi connectivity index (χ1n) is 16.1. The molecular formula is C36H46N2O6. The molecule has 44 heavy (non-hydrogen) atoms. The number of phenols is 1. The Morgan fingerprint density at radius 1 is 0.977 bits per heavy atom. The van der Waals surface area contributed by atoms with Gasteiger partial charge in [-0.25, -0.2) is 0 Å². The highest BCUT2D eigenvalue weighted by molar-refractivity contribution is 6.06. The van der Waals surface area contributed by atoms with Crippen LogP contribution in [0.4, 0.5) is 0 Å². The second-order valence-electron chi connectivity index (χ2n) is 12.6. The predicted octanol–water partition coefficient (Wildman–Crippen LogP) is 4.28. The minimum absolute atomic E-state index is 0.181. The van der Waals surface area contributed by atoms with Gasteiger partial charge in [-0.2, -0.15) is 0 Å². The predicted molar refractivity (Wildman–Crippen MR) is 169 cm³/mol. The van der Waals surface area contributed by atoms with E-state index in [0.717, 1.165) is 43.6 Å². The molecule has 1 aliphatic carbocycles. The maximum Gasteiger partial charge on any atom is 0.234 e. The number of imide groups is 1. The zero-order valence-corrected chi connectivity index (χ0v) is 25.6. The number of aromatic hydroxyl groups is 1. The van der Waals surface area contributed by atoms with E-state index in [2.05, 4.69) is 30.0 Å². The second kappa shape index (κ2) is 14.7. The van der Waals surface area contributed by atoms with Crippen molar-refractivity contribution in [1.29, 1.82) is 0 Å². The summed E-state index contributed by atoms with van der Waals surface area (Å²) in [5, 5.41) is 42.0. The molecule has 8 heteroatoms. The lowest BCUT2D eigenvalue weighted by atomic mass is 9.68. The van der Waals surface area contributed by atoms with E-state index >= 15 is 0 Å². The summed E-state index contributed by atoms with van der Waals surface area (Å²) < 4.78 is 0. The number of piperidine rings is 1. The molecule has 0 unspecified atom stereocenters. The Balaban J connectivity index is 1.27. The van der Waals surface area contributed by atoms with Crippen LogP contribution >= 0.6 is 0 Å². The number of hydrogen-bond acceptors (Lipinski definition) is 7. The number of carbonyl (C=O) groups excluding carboxylic acids is 2. The third-order valence-electron chi connectivity index (χ3n) is 9.71. The molecule has 5 rings (SSSR count). The molecule has 2 aromatic rings. The molecule has 2 saturated heterocycles. The molecule has 0 radical (unpaired) electrons. The van der Waals surface area contributed by atoms with Crippen LogP contribution in [0.1, 0.15) is 63.0 Å². The summed E-state index contributed by atoms with van der Waals surface area (Å²) in [5.74, 6) is -2.30. The quantitative estimate of drug-likeness (QED) is 0.211. The van der Waals surface area contributed by atoms with Gasteiger partial charge in [0.05, 0.1) is 31.2 Å². The Hall–Kier alpha value is -3.30. The van der Waals surface area contributed by atoms with Crippen LogP contribution in [0, 0.1) is 17.8 Å². The lowest BCUT2D eigenvalue weighted by Gasteiger charge is -2.36. The van der Waals surface area contributed by atoms with Gasteiger partial charge in [-0.1, -0.05) is 67.5 Å². The molecule has 4 atom stereocenters. The molecule has 2 aliphatic heterocycles. The normalized spacial score (nSPS) is 24.2. The molecule has 8 nitrogen and oxygen atoms in total. The number of benzene rings is 2. The summed E-state index contributed by atoms with van der Waals surface area (Å²) in [4.78, 5) is 31.5. The van der Waals surface area contributed by atoms with Gasteiger partial charge >= 0.3 is 0 Å². The van der Waals surface area contributed by atoms with Gasteiger partial charge < -0.3 is 20.4 Å². The van der Waals surface area contributed by atoms with E-state index in [1.54, 1.807) is 12.1 Å². The fourth-order valence-electron chi connectivity index (χ4n) is 7.54. The number of aliphatic hydroxyl groups is 3. The van der Waals surface area contributed by atoms with Gasteiger partial charge in [0.1, 0.15) is 5.75 Å². The number of aliphatic hydroxyl groups excluding tert-OH is 3. The van der Waals surface area contributed by atoms with E-state index in [1.807, 2.05) is 30.3 Å². The summed E-state index contributed by atoms with van der Waals surface area (Å²) in [6.07, 6.45) is 5.52. The Labute approximate surface area is 260 Å². The van der Waals surface area contributed by atoms with Gasteiger partial charge in [-0.3, -0.25) is 19.4 Å². The second-order valence-corrected chi connectivity index (χ2v) is 12.6. The first kappa shape index (κ1) is 32.1. The number of hydrogen-bond donors (Lipinski definition) is 4. The summed E-state index contributed by atoms with van der Waals surface area (Å²) in [7, 11) is 0. The van der Waals surface area contributed by atoms with Crippen molar-refractivity contribution in [1.82, 2.24) is 9.80 Å². The average Bonchev–Trinajstić information content (AvgIpc) is 3.29. The van der Waals surface area contributed by atoms with Gasteiger partial charge in [-0.15, -0.1) is 0 Å². The molecule has 2 amide bonds. The Kier molecular flexibility index (Phi) is 10.7. The zero-order chi connectivity index (χ0) is 31.2. The summed E-state index contributed by atoms with van der Waals surface area (Å²) in [6, 6.07) is 17.1. The minimum Gasteiger partial charge on any atom is -0.508 e. The number of fused-ring (bicyclic) bond motifs is 1. The number of amides is 2. The monoisotopic (exact) mass is 602 g/mol. The molecular weight excluding hydrogens is 556 g/mol. The van der Waals surface area contributed by atoms with Crippen LogP contribution in [0.3, 0.4) is 0 Å². The third kappa shape index (κ3) is 6.99. The van der Waals surface area contributed by atoms with Crippen molar-refractivity contribution in [2.75, 3.05) is 26.3 Å². The smallest absolute Gasteiger partial charge is 0.234 e. The zero-order valence-electron chi connectivity index (χ0n) is 25.6. The van der Waals surface area contributed by atoms with Crippen LogP contribution < -0.4 is 0 Å². The maximum absolute atomic E-state index is 13.9. The van der Waals surface area contributed by atoms with E-state index in [0.29, 0.717) is 36.8 Å². The molecule has 0 spiro atoms. The van der Waals surface area contributed by atoms with E-state index < -0.39 is 23.9 Å². The molecule has 2 aromatic carbocycles. The molecule has 4 N–H and O–H groups in total. The van der Waals surface area contributed by atoms with Crippen molar-refractivity contribution in [3.8, 4) is 5.75 Å². The third-order valence-corrected chi connectivity index (χ3v) is 9.71. The standard InChI is InChI=1S/C36H46N2O6/c1-2-6-24(19-25-9-12-29(41)13-10-25)11-14-32(42)33-27(22-39)20-30-34(31(33)23-40)36(44)38(35(30)43)28-15-17-37(18-16-28)21-26-7-4-3-5-8-26/h3-5,7-10,12-13,19,28,30-32,34,39-42H,2,6,11,14-18,20-23H2,1H3/b24-19+/t30-,31+,32-,34-/m1/s1. The largest absolute Gasteiger partial charge is 0.508 e. The summed E-state index contributed by atoms with van der Waals surface area (Å²) in [6.45, 7) is 3.82. The molecule has 2 fully saturated rings. The highest BCUT2D eigenvalue weighted by Crippen LogP contribution is 2.47. The number of carbonyl (C=O) groups is 2. The lowest BCUT2D eigenvalue weighted by molar-refractivity contribution is -0.144. The number of phenolic OH excluding ortho intramolecular Hbond substituents is 1. The first-order valence-corrected chi connectivity index (χ1v) is 16.1. The first-order chi connectivity index (χ1) is 21.3. The molecule has 2 heterocycles. The van der Waals surface area contributed by atoms with Crippen LogP contribution in [0.2, 0.25) is 0 Å². The van der Waals surface area contributed by atoms with Gasteiger partial charge in [0.15, 0.2) is 0 Å². The topological polar surface area (TPSA) is 122 Å². The average molecular weight is 603 g/mol. The Bertz CT molecular complexity index is 1350. The van der Waals surface area contributed by atoms with E-state index in [4.69, 9.17) is 0 Å². The highest BCUT2D eigenvalue weighted by atomic mass is 16.3. The van der Waals surface area contributed by atoms with Gasteiger partial charge in [-0.05, 0) is 72.9 Å². The van der Waals surface area contributed by atoms with E-state index in [9.17, 15) is 30.0 Å². The minimum atomic E-state index is -0.950. The van der Waals surface area contributed by atoms with Crippen molar-refractivity contribution in [2.45, 2.75) is 70.6 Å². The fourth-order valence-corrected chi connectivity index (χ4v) is 7.54. The number of nitrogens with zero attached hydrogens (tertiary/aromatic N) is 2. The van der Waals surface area contributed by atoms with Gasteiger partial charge in [0.25, 0.3) is 0 Å². The molecule has 0 saturated carbocycles. The van der Waals surface area contributed by atoms with Crippen molar-refractivity contribution < 1.29 is 30.0 Å². The van der Waals surface area contributed by atoms with Crippen molar-refractivity contribution >= 4 is 17.9 Å².